The molecule has 1 fully saturated rings. The summed E-state index contributed by atoms with van der Waals surface area (Å²) in [5.41, 5.74) is 10.4. The van der Waals surface area contributed by atoms with Crippen LogP contribution in [-0.4, -0.2) is 23.0 Å². The molecule has 0 aromatic heterocycles. The molecule has 4 nitrogen and oxygen atoms in total. The van der Waals surface area contributed by atoms with Gasteiger partial charge in [0.05, 0.1) is 6.42 Å². The number of piperidine rings is 1. The Morgan fingerprint density at radius 2 is 1.84 bits per heavy atom. The fraction of sp³-hybridized carbons (Fsp3) is 0.533. The number of anilines is 1. The fourth-order valence-electron chi connectivity index (χ4n) is 2.65. The van der Waals surface area contributed by atoms with Gasteiger partial charge in [0.1, 0.15) is 0 Å². The monoisotopic (exact) mass is 261 g/mol. The van der Waals surface area contributed by atoms with E-state index in [0.717, 1.165) is 24.1 Å². The molecule has 2 unspecified atom stereocenters. The van der Waals surface area contributed by atoms with Gasteiger partial charge >= 0.3 is 0 Å². The SMILES string of the molecule is CC1CCCC(C)N1NC(=O)Cc1ccc(N)cc1. The van der Waals surface area contributed by atoms with Gasteiger partial charge in [-0.2, -0.15) is 0 Å². The average Bonchev–Trinajstić information content (AvgIpc) is 2.37. The van der Waals surface area contributed by atoms with Crippen LogP contribution in [0.25, 0.3) is 0 Å². The molecule has 0 bridgehead atoms. The number of rotatable bonds is 3. The number of amides is 1. The maximum atomic E-state index is 12.1. The second kappa shape index (κ2) is 6.06. The molecule has 1 amide bonds. The lowest BCUT2D eigenvalue weighted by Gasteiger charge is -2.38. The lowest BCUT2D eigenvalue weighted by molar-refractivity contribution is -0.128. The van der Waals surface area contributed by atoms with Gasteiger partial charge in [-0.05, 0) is 44.4 Å². The van der Waals surface area contributed by atoms with E-state index in [2.05, 4.69) is 24.3 Å². The van der Waals surface area contributed by atoms with Gasteiger partial charge in [0.15, 0.2) is 0 Å². The summed E-state index contributed by atoms with van der Waals surface area (Å²) in [4.78, 5) is 12.1. The molecule has 0 saturated carbocycles. The van der Waals surface area contributed by atoms with Crippen molar-refractivity contribution in [2.45, 2.75) is 51.6 Å². The normalized spacial score (nSPS) is 24.1. The molecule has 3 N–H and O–H groups in total. The molecule has 2 rings (SSSR count). The minimum atomic E-state index is 0.0466. The number of nitrogens with zero attached hydrogens (tertiary/aromatic N) is 1. The molecule has 4 heteroatoms. The van der Waals surface area contributed by atoms with Crippen LogP contribution in [0, 0.1) is 0 Å². The highest BCUT2D eigenvalue weighted by atomic mass is 16.2. The number of hydrazine groups is 1. The number of benzene rings is 1. The van der Waals surface area contributed by atoms with Crippen molar-refractivity contribution in [3.05, 3.63) is 29.8 Å². The maximum Gasteiger partial charge on any atom is 0.238 e. The molecule has 1 saturated heterocycles. The van der Waals surface area contributed by atoms with E-state index in [-0.39, 0.29) is 5.91 Å². The molecular formula is C15H23N3O. The topological polar surface area (TPSA) is 58.4 Å². The highest BCUT2D eigenvalue weighted by molar-refractivity contribution is 5.78. The van der Waals surface area contributed by atoms with E-state index in [9.17, 15) is 4.79 Å². The summed E-state index contributed by atoms with van der Waals surface area (Å²) in [6.07, 6.45) is 3.93. The fourth-order valence-corrected chi connectivity index (χ4v) is 2.65. The Bertz CT molecular complexity index is 420. The van der Waals surface area contributed by atoms with Gasteiger partial charge in [-0.15, -0.1) is 0 Å². The summed E-state index contributed by atoms with van der Waals surface area (Å²) in [5, 5.41) is 2.10. The van der Waals surface area contributed by atoms with Gasteiger partial charge in [-0.25, -0.2) is 5.01 Å². The highest BCUT2D eigenvalue weighted by Crippen LogP contribution is 2.20. The number of hydrogen-bond donors (Lipinski definition) is 2. The van der Waals surface area contributed by atoms with Crippen LogP contribution in [0.4, 0.5) is 5.69 Å². The average molecular weight is 261 g/mol. The molecule has 2 atom stereocenters. The number of nitrogens with one attached hydrogen (secondary N) is 1. The van der Waals surface area contributed by atoms with E-state index < -0.39 is 0 Å². The van der Waals surface area contributed by atoms with Crippen LogP contribution in [0.1, 0.15) is 38.7 Å². The number of nitrogens with two attached hydrogens (primary N) is 1. The zero-order chi connectivity index (χ0) is 13.8. The third kappa shape index (κ3) is 3.70. The molecule has 19 heavy (non-hydrogen) atoms. The maximum absolute atomic E-state index is 12.1. The van der Waals surface area contributed by atoms with E-state index in [4.69, 9.17) is 5.73 Å². The summed E-state index contributed by atoms with van der Waals surface area (Å²) < 4.78 is 0. The van der Waals surface area contributed by atoms with Gasteiger partial charge in [0.25, 0.3) is 0 Å². The summed E-state index contributed by atoms with van der Waals surface area (Å²) >= 11 is 0. The largest absolute Gasteiger partial charge is 0.399 e. The molecule has 1 heterocycles. The third-order valence-corrected chi connectivity index (χ3v) is 3.79. The minimum absolute atomic E-state index is 0.0466. The first kappa shape index (κ1) is 13.9. The van der Waals surface area contributed by atoms with Crippen LogP contribution in [0.5, 0.6) is 0 Å². The zero-order valence-electron chi connectivity index (χ0n) is 11.7. The lowest BCUT2D eigenvalue weighted by Crippen LogP contribution is -2.54. The van der Waals surface area contributed by atoms with Gasteiger partial charge < -0.3 is 5.73 Å². The Kier molecular flexibility index (Phi) is 4.43. The van der Waals surface area contributed by atoms with Crippen LogP contribution in [0.15, 0.2) is 24.3 Å². The van der Waals surface area contributed by atoms with Crippen molar-refractivity contribution in [3.63, 3.8) is 0 Å². The van der Waals surface area contributed by atoms with E-state index in [0.29, 0.717) is 18.5 Å². The summed E-state index contributed by atoms with van der Waals surface area (Å²) in [7, 11) is 0. The third-order valence-electron chi connectivity index (χ3n) is 3.79. The highest BCUT2D eigenvalue weighted by Gasteiger charge is 2.25. The molecule has 0 aliphatic carbocycles. The molecule has 1 aromatic carbocycles. The van der Waals surface area contributed by atoms with Crippen molar-refractivity contribution < 1.29 is 4.79 Å². The number of carbonyl (C=O) groups excluding carboxylic acids is 1. The van der Waals surface area contributed by atoms with Crippen LogP contribution in [0.2, 0.25) is 0 Å². The number of carbonyl (C=O) groups is 1. The second-order valence-electron chi connectivity index (χ2n) is 5.49. The molecule has 1 aliphatic heterocycles. The predicted molar refractivity (Wildman–Crippen MR) is 77.3 cm³/mol. The molecular weight excluding hydrogens is 238 g/mol. The van der Waals surface area contributed by atoms with Gasteiger partial charge in [0.2, 0.25) is 5.91 Å². The Morgan fingerprint density at radius 3 is 2.42 bits per heavy atom. The molecule has 104 valence electrons. The van der Waals surface area contributed by atoms with Gasteiger partial charge in [0, 0.05) is 17.8 Å². The summed E-state index contributed by atoms with van der Waals surface area (Å²) in [6, 6.07) is 8.29. The Hall–Kier alpha value is -1.55. The van der Waals surface area contributed by atoms with Crippen molar-refractivity contribution in [2.24, 2.45) is 0 Å². The smallest absolute Gasteiger partial charge is 0.238 e. The Morgan fingerprint density at radius 1 is 1.26 bits per heavy atom. The standard InChI is InChI=1S/C15H23N3O/c1-11-4-3-5-12(2)18(11)17-15(19)10-13-6-8-14(16)9-7-13/h6-9,11-12H,3-5,10,16H2,1-2H3,(H,17,19). The Labute approximate surface area is 114 Å². The van der Waals surface area contributed by atoms with Crippen molar-refractivity contribution in [1.82, 2.24) is 10.4 Å². The van der Waals surface area contributed by atoms with Crippen LogP contribution >= 0.6 is 0 Å². The first-order chi connectivity index (χ1) is 9.06. The zero-order valence-corrected chi connectivity index (χ0v) is 11.7. The quantitative estimate of drug-likeness (QED) is 0.819. The van der Waals surface area contributed by atoms with Crippen LogP contribution in [0.3, 0.4) is 0 Å². The van der Waals surface area contributed by atoms with Crippen molar-refractivity contribution in [3.8, 4) is 0 Å². The summed E-state index contributed by atoms with van der Waals surface area (Å²) in [5.74, 6) is 0.0466. The van der Waals surface area contributed by atoms with E-state index in [1.54, 1.807) is 0 Å². The first-order valence-electron chi connectivity index (χ1n) is 6.98. The Balaban J connectivity index is 1.91. The number of nitrogen functional groups attached to an aromatic ring is 1. The van der Waals surface area contributed by atoms with E-state index >= 15 is 0 Å². The van der Waals surface area contributed by atoms with Crippen molar-refractivity contribution in [2.75, 3.05) is 5.73 Å². The second-order valence-corrected chi connectivity index (χ2v) is 5.49. The molecule has 0 spiro atoms. The van der Waals surface area contributed by atoms with Crippen LogP contribution in [-0.2, 0) is 11.2 Å². The first-order valence-corrected chi connectivity index (χ1v) is 6.98. The summed E-state index contributed by atoms with van der Waals surface area (Å²) in [6.45, 7) is 4.33. The van der Waals surface area contributed by atoms with Gasteiger partial charge in [-0.1, -0.05) is 18.6 Å². The number of hydrogen-bond acceptors (Lipinski definition) is 3. The van der Waals surface area contributed by atoms with E-state index in [1.807, 2.05) is 24.3 Å². The van der Waals surface area contributed by atoms with E-state index in [1.165, 1.54) is 6.42 Å². The molecule has 1 aromatic rings. The van der Waals surface area contributed by atoms with Crippen molar-refractivity contribution in [1.29, 1.82) is 0 Å². The van der Waals surface area contributed by atoms with Crippen LogP contribution < -0.4 is 11.2 Å². The van der Waals surface area contributed by atoms with Gasteiger partial charge in [-0.3, -0.25) is 10.2 Å². The van der Waals surface area contributed by atoms with Crippen molar-refractivity contribution >= 4 is 11.6 Å². The lowest BCUT2D eigenvalue weighted by atomic mass is 10.00. The predicted octanol–water partition coefficient (Wildman–Crippen LogP) is 2.11. The molecule has 0 radical (unpaired) electrons. The molecule has 1 aliphatic rings. The minimum Gasteiger partial charge on any atom is -0.399 e.